The molecule has 1 saturated heterocycles. The number of ketones is 1. The molecule has 0 spiro atoms. The first-order chi connectivity index (χ1) is 13.7. The Balaban J connectivity index is 1.55. The van der Waals surface area contributed by atoms with E-state index in [2.05, 4.69) is 5.32 Å². The van der Waals surface area contributed by atoms with Crippen molar-refractivity contribution in [3.63, 3.8) is 0 Å². The van der Waals surface area contributed by atoms with Crippen LogP contribution in [0, 0.1) is 5.82 Å². The van der Waals surface area contributed by atoms with Crippen LogP contribution in [0.1, 0.15) is 15.9 Å². The van der Waals surface area contributed by atoms with E-state index >= 15 is 0 Å². The number of hydrogen-bond donors (Lipinski definition) is 1. The fourth-order valence-electron chi connectivity index (χ4n) is 3.70. The second kappa shape index (κ2) is 8.36. The molecule has 0 aliphatic carbocycles. The zero-order valence-corrected chi connectivity index (χ0v) is 15.7. The van der Waals surface area contributed by atoms with E-state index in [1.807, 2.05) is 65.6 Å². The van der Waals surface area contributed by atoms with Crippen molar-refractivity contribution in [1.82, 2.24) is 5.32 Å². The molecular weight excluding hydrogens is 351 g/mol. The molecule has 4 heteroatoms. The lowest BCUT2D eigenvalue weighted by atomic mass is 9.94. The van der Waals surface area contributed by atoms with Crippen molar-refractivity contribution in [2.24, 2.45) is 0 Å². The van der Waals surface area contributed by atoms with E-state index in [1.54, 1.807) is 6.07 Å². The average Bonchev–Trinajstić information content (AvgIpc) is 2.75. The van der Waals surface area contributed by atoms with Crippen LogP contribution in [-0.4, -0.2) is 32.0 Å². The zero-order chi connectivity index (χ0) is 19.3. The van der Waals surface area contributed by atoms with Gasteiger partial charge in [0.1, 0.15) is 5.82 Å². The van der Waals surface area contributed by atoms with Gasteiger partial charge in [0.2, 0.25) is 0 Å². The molecule has 0 atom stereocenters. The van der Waals surface area contributed by atoms with Gasteiger partial charge in [-0.15, -0.1) is 0 Å². The highest BCUT2D eigenvalue weighted by atomic mass is 19.1. The summed E-state index contributed by atoms with van der Waals surface area (Å²) in [4.78, 5) is 15.0. The third-order valence-electron chi connectivity index (χ3n) is 5.15. The van der Waals surface area contributed by atoms with Crippen LogP contribution in [0.5, 0.6) is 0 Å². The number of rotatable bonds is 5. The highest BCUT2D eigenvalue weighted by Gasteiger charge is 2.17. The van der Waals surface area contributed by atoms with E-state index in [0.29, 0.717) is 16.8 Å². The van der Waals surface area contributed by atoms with Crippen molar-refractivity contribution in [1.29, 1.82) is 0 Å². The quantitative estimate of drug-likeness (QED) is 0.675. The van der Waals surface area contributed by atoms with E-state index in [-0.39, 0.29) is 18.0 Å². The van der Waals surface area contributed by atoms with Crippen LogP contribution in [0.4, 0.5) is 10.1 Å². The van der Waals surface area contributed by atoms with Crippen LogP contribution >= 0.6 is 0 Å². The number of nitrogens with one attached hydrogen (secondary N) is 1. The first-order valence-electron chi connectivity index (χ1n) is 9.64. The number of anilines is 1. The zero-order valence-electron chi connectivity index (χ0n) is 15.7. The molecule has 0 amide bonds. The molecule has 1 heterocycles. The van der Waals surface area contributed by atoms with E-state index in [4.69, 9.17) is 0 Å². The molecule has 1 aliphatic rings. The molecule has 0 aromatic heterocycles. The molecule has 0 unspecified atom stereocenters. The Bertz CT molecular complexity index is 965. The van der Waals surface area contributed by atoms with E-state index in [0.717, 1.165) is 37.3 Å². The van der Waals surface area contributed by atoms with Gasteiger partial charge in [-0.1, -0.05) is 60.7 Å². The maximum atomic E-state index is 14.7. The second-order valence-corrected chi connectivity index (χ2v) is 7.03. The van der Waals surface area contributed by atoms with Crippen LogP contribution in [0.2, 0.25) is 0 Å². The molecule has 0 saturated carbocycles. The van der Waals surface area contributed by atoms with Gasteiger partial charge in [0.05, 0.1) is 5.69 Å². The van der Waals surface area contributed by atoms with Crippen molar-refractivity contribution in [2.75, 3.05) is 31.1 Å². The summed E-state index contributed by atoms with van der Waals surface area (Å²) >= 11 is 0. The first-order valence-corrected chi connectivity index (χ1v) is 9.64. The van der Waals surface area contributed by atoms with E-state index < -0.39 is 0 Å². The van der Waals surface area contributed by atoms with Crippen molar-refractivity contribution >= 4 is 11.5 Å². The minimum absolute atomic E-state index is 0.00576. The fourth-order valence-corrected chi connectivity index (χ4v) is 3.70. The van der Waals surface area contributed by atoms with Gasteiger partial charge in [-0.05, 0) is 28.8 Å². The molecule has 0 radical (unpaired) electrons. The highest BCUT2D eigenvalue weighted by Crippen LogP contribution is 2.26. The number of carbonyl (C=O) groups is 1. The topological polar surface area (TPSA) is 32.3 Å². The minimum atomic E-state index is -0.261. The minimum Gasteiger partial charge on any atom is -0.367 e. The smallest absolute Gasteiger partial charge is 0.167 e. The van der Waals surface area contributed by atoms with Gasteiger partial charge in [-0.3, -0.25) is 4.79 Å². The van der Waals surface area contributed by atoms with Gasteiger partial charge in [0, 0.05) is 38.2 Å². The summed E-state index contributed by atoms with van der Waals surface area (Å²) in [5.41, 5.74) is 3.89. The fraction of sp³-hybridized carbons (Fsp3) is 0.208. The number of carbonyl (C=O) groups excluding carboxylic acids is 1. The summed E-state index contributed by atoms with van der Waals surface area (Å²) in [7, 11) is 0. The van der Waals surface area contributed by atoms with Gasteiger partial charge in [-0.25, -0.2) is 4.39 Å². The largest absolute Gasteiger partial charge is 0.367 e. The second-order valence-electron chi connectivity index (χ2n) is 7.03. The van der Waals surface area contributed by atoms with Crippen molar-refractivity contribution in [3.05, 3.63) is 89.7 Å². The Morgan fingerprint density at radius 1 is 0.929 bits per heavy atom. The Morgan fingerprint density at radius 2 is 1.64 bits per heavy atom. The van der Waals surface area contributed by atoms with Crippen LogP contribution in [-0.2, 0) is 6.42 Å². The Labute approximate surface area is 164 Å². The molecule has 142 valence electrons. The molecule has 1 aliphatic heterocycles. The Hall–Kier alpha value is -2.98. The molecule has 3 aromatic rings. The summed E-state index contributed by atoms with van der Waals surface area (Å²) < 4.78 is 14.7. The van der Waals surface area contributed by atoms with Crippen LogP contribution in [0.25, 0.3) is 11.1 Å². The third kappa shape index (κ3) is 3.97. The molecular formula is C24H23FN2O. The number of halogens is 1. The van der Waals surface area contributed by atoms with Gasteiger partial charge >= 0.3 is 0 Å². The maximum Gasteiger partial charge on any atom is 0.167 e. The van der Waals surface area contributed by atoms with Crippen LogP contribution in [0.15, 0.2) is 72.8 Å². The first kappa shape index (κ1) is 18.4. The molecule has 4 rings (SSSR count). The summed E-state index contributed by atoms with van der Waals surface area (Å²) in [6.45, 7) is 3.30. The number of Topliss-reactive ketones (excluding diaryl/α,β-unsaturated/α-hetero) is 1. The highest BCUT2D eigenvalue weighted by molar-refractivity contribution is 6.03. The number of hydrogen-bond acceptors (Lipinski definition) is 3. The Morgan fingerprint density at radius 3 is 2.39 bits per heavy atom. The van der Waals surface area contributed by atoms with Gasteiger partial charge in [0.15, 0.2) is 5.78 Å². The molecule has 0 bridgehead atoms. The molecule has 28 heavy (non-hydrogen) atoms. The molecule has 3 aromatic carbocycles. The lowest BCUT2D eigenvalue weighted by Crippen LogP contribution is -2.43. The molecule has 1 N–H and O–H groups in total. The summed E-state index contributed by atoms with van der Waals surface area (Å²) in [5, 5.41) is 3.27. The normalized spacial score (nSPS) is 14.1. The van der Waals surface area contributed by atoms with Gasteiger partial charge < -0.3 is 10.2 Å². The summed E-state index contributed by atoms with van der Waals surface area (Å²) in [6, 6.07) is 22.6. The molecule has 3 nitrogen and oxygen atoms in total. The maximum absolute atomic E-state index is 14.7. The predicted octanol–water partition coefficient (Wildman–Crippen LogP) is 4.33. The third-order valence-corrected chi connectivity index (χ3v) is 5.15. The van der Waals surface area contributed by atoms with Gasteiger partial charge in [-0.2, -0.15) is 0 Å². The lowest BCUT2D eigenvalue weighted by Gasteiger charge is -2.29. The summed E-state index contributed by atoms with van der Waals surface area (Å²) in [5.74, 6) is -0.266. The standard InChI is InChI=1S/C24H23FN2O/c25-22-16-18(10-11-23(22)27-14-12-26-13-15-27)17-24(28)21-9-5-4-8-20(21)19-6-2-1-3-7-19/h1-11,16,26H,12-15,17H2. The number of nitrogens with zero attached hydrogens (tertiary/aromatic N) is 1. The monoisotopic (exact) mass is 374 g/mol. The van der Waals surface area contributed by atoms with Crippen LogP contribution < -0.4 is 10.2 Å². The van der Waals surface area contributed by atoms with Crippen LogP contribution in [0.3, 0.4) is 0 Å². The SMILES string of the molecule is O=C(Cc1ccc(N2CCNCC2)c(F)c1)c1ccccc1-c1ccccc1. The average molecular weight is 374 g/mol. The van der Waals surface area contributed by atoms with E-state index in [1.165, 1.54) is 6.07 Å². The molecule has 1 fully saturated rings. The van der Waals surface area contributed by atoms with Crippen molar-refractivity contribution in [2.45, 2.75) is 6.42 Å². The Kier molecular flexibility index (Phi) is 5.49. The number of benzene rings is 3. The predicted molar refractivity (Wildman–Crippen MR) is 111 cm³/mol. The number of piperazine rings is 1. The summed E-state index contributed by atoms with van der Waals surface area (Å²) in [6.07, 6.45) is 0.183. The van der Waals surface area contributed by atoms with Crippen molar-refractivity contribution in [3.8, 4) is 11.1 Å². The van der Waals surface area contributed by atoms with E-state index in [9.17, 15) is 9.18 Å². The van der Waals surface area contributed by atoms with Crippen molar-refractivity contribution < 1.29 is 9.18 Å². The lowest BCUT2D eigenvalue weighted by molar-refractivity contribution is 0.0993. The van der Waals surface area contributed by atoms with Gasteiger partial charge in [0.25, 0.3) is 0 Å².